The summed E-state index contributed by atoms with van der Waals surface area (Å²) in [5, 5.41) is 0. The number of nitrogens with zero attached hydrogens (tertiary/aromatic N) is 2. The van der Waals surface area contributed by atoms with E-state index in [1.165, 1.54) is 40.6 Å². The molecule has 0 radical (unpaired) electrons. The summed E-state index contributed by atoms with van der Waals surface area (Å²) in [6, 6.07) is 16.6. The molecular weight excluding hydrogens is 324 g/mol. The minimum atomic E-state index is 0.589. The van der Waals surface area contributed by atoms with Gasteiger partial charge in [-0.25, -0.2) is 0 Å². The number of anilines is 1. The Bertz CT molecular complexity index is 753. The van der Waals surface area contributed by atoms with Gasteiger partial charge in [0.1, 0.15) is 0 Å². The Kier molecular flexibility index (Phi) is 4.55. The first-order valence-electron chi connectivity index (χ1n) is 9.36. The van der Waals surface area contributed by atoms with Crippen LogP contribution < -0.4 is 4.90 Å². The number of fused-ring (bicyclic) bond motifs is 3. The Balaban J connectivity index is 1.64. The lowest BCUT2D eigenvalue weighted by molar-refractivity contribution is 0.234. The highest BCUT2D eigenvalue weighted by molar-refractivity contribution is 7.99. The SMILES string of the molecule is CC(C)c1ccc(Sc2cccc3c2N(C)[C@H]2CCN(C)CC32)cc1. The maximum absolute atomic E-state index is 2.55. The summed E-state index contributed by atoms with van der Waals surface area (Å²) in [7, 11) is 4.55. The minimum Gasteiger partial charge on any atom is -0.370 e. The lowest BCUT2D eigenvalue weighted by Gasteiger charge is -2.35. The summed E-state index contributed by atoms with van der Waals surface area (Å²) in [5.74, 6) is 1.24. The van der Waals surface area contributed by atoms with Gasteiger partial charge >= 0.3 is 0 Å². The molecule has 2 aromatic rings. The van der Waals surface area contributed by atoms with Crippen molar-refractivity contribution in [1.29, 1.82) is 0 Å². The summed E-state index contributed by atoms with van der Waals surface area (Å²) in [4.78, 5) is 7.76. The van der Waals surface area contributed by atoms with Gasteiger partial charge in [-0.05, 0) is 55.3 Å². The largest absolute Gasteiger partial charge is 0.370 e. The smallest absolute Gasteiger partial charge is 0.0544 e. The summed E-state index contributed by atoms with van der Waals surface area (Å²) >= 11 is 1.91. The van der Waals surface area contributed by atoms with Crippen molar-refractivity contribution >= 4 is 17.4 Å². The maximum atomic E-state index is 2.55. The summed E-state index contributed by atoms with van der Waals surface area (Å²) in [6.45, 7) is 6.89. The molecule has 2 aromatic carbocycles. The molecule has 1 saturated heterocycles. The average Bonchev–Trinajstić information content (AvgIpc) is 2.88. The highest BCUT2D eigenvalue weighted by Gasteiger charge is 2.40. The van der Waals surface area contributed by atoms with Crippen molar-refractivity contribution in [3.63, 3.8) is 0 Å². The predicted octanol–water partition coefficient (Wildman–Crippen LogP) is 5.20. The van der Waals surface area contributed by atoms with E-state index in [2.05, 4.69) is 80.2 Å². The van der Waals surface area contributed by atoms with E-state index in [1.807, 2.05) is 11.8 Å². The maximum Gasteiger partial charge on any atom is 0.0544 e. The molecule has 2 heterocycles. The number of likely N-dealkylation sites (tertiary alicyclic amines) is 1. The molecule has 0 amide bonds. The van der Waals surface area contributed by atoms with E-state index in [9.17, 15) is 0 Å². The molecule has 0 bridgehead atoms. The molecule has 2 aliphatic heterocycles. The zero-order chi connectivity index (χ0) is 17.6. The van der Waals surface area contributed by atoms with Crippen molar-refractivity contribution in [1.82, 2.24) is 4.90 Å². The van der Waals surface area contributed by atoms with Gasteiger partial charge in [0.05, 0.1) is 5.69 Å². The van der Waals surface area contributed by atoms with Crippen LogP contribution in [0, 0.1) is 0 Å². The molecule has 2 atom stereocenters. The van der Waals surface area contributed by atoms with Crippen LogP contribution in [-0.2, 0) is 0 Å². The van der Waals surface area contributed by atoms with E-state index >= 15 is 0 Å². The Hall–Kier alpha value is -1.45. The third-order valence-electron chi connectivity index (χ3n) is 5.83. The van der Waals surface area contributed by atoms with Crippen LogP contribution in [0.1, 0.15) is 43.2 Å². The van der Waals surface area contributed by atoms with Gasteiger partial charge in [-0.15, -0.1) is 0 Å². The van der Waals surface area contributed by atoms with Crippen molar-refractivity contribution in [2.75, 3.05) is 32.1 Å². The van der Waals surface area contributed by atoms with Crippen LogP contribution in [0.2, 0.25) is 0 Å². The molecule has 0 aliphatic carbocycles. The topological polar surface area (TPSA) is 6.48 Å². The monoisotopic (exact) mass is 352 g/mol. The van der Waals surface area contributed by atoms with Crippen LogP contribution in [0.3, 0.4) is 0 Å². The van der Waals surface area contributed by atoms with Crippen molar-refractivity contribution in [3.05, 3.63) is 53.6 Å². The van der Waals surface area contributed by atoms with E-state index in [0.29, 0.717) is 17.9 Å². The highest BCUT2D eigenvalue weighted by atomic mass is 32.2. The van der Waals surface area contributed by atoms with Crippen LogP contribution in [-0.4, -0.2) is 38.1 Å². The lowest BCUT2D eigenvalue weighted by Crippen LogP contribution is -2.43. The van der Waals surface area contributed by atoms with Crippen molar-refractivity contribution in [2.45, 2.75) is 47.9 Å². The Morgan fingerprint density at radius 1 is 1.04 bits per heavy atom. The zero-order valence-corrected chi connectivity index (χ0v) is 16.5. The number of piperidine rings is 1. The van der Waals surface area contributed by atoms with Crippen LogP contribution >= 0.6 is 11.8 Å². The van der Waals surface area contributed by atoms with E-state index in [-0.39, 0.29) is 0 Å². The van der Waals surface area contributed by atoms with Gasteiger partial charge in [0, 0.05) is 35.3 Å². The molecule has 2 aliphatic rings. The van der Waals surface area contributed by atoms with Crippen LogP contribution in [0.25, 0.3) is 0 Å². The third kappa shape index (κ3) is 3.09. The minimum absolute atomic E-state index is 0.589. The van der Waals surface area contributed by atoms with Gasteiger partial charge in [0.25, 0.3) is 0 Å². The third-order valence-corrected chi connectivity index (χ3v) is 6.89. The van der Waals surface area contributed by atoms with Gasteiger partial charge in [0.15, 0.2) is 0 Å². The molecule has 132 valence electrons. The molecule has 0 saturated carbocycles. The van der Waals surface area contributed by atoms with Gasteiger partial charge < -0.3 is 9.80 Å². The van der Waals surface area contributed by atoms with Crippen molar-refractivity contribution in [3.8, 4) is 0 Å². The van der Waals surface area contributed by atoms with Crippen LogP contribution in [0.5, 0.6) is 0 Å². The van der Waals surface area contributed by atoms with E-state index in [0.717, 1.165) is 0 Å². The van der Waals surface area contributed by atoms with Gasteiger partial charge in [-0.3, -0.25) is 0 Å². The first-order valence-corrected chi connectivity index (χ1v) is 10.2. The predicted molar refractivity (Wildman–Crippen MR) is 108 cm³/mol. The molecule has 25 heavy (non-hydrogen) atoms. The number of hydrogen-bond acceptors (Lipinski definition) is 3. The number of benzene rings is 2. The number of hydrogen-bond donors (Lipinski definition) is 0. The second-order valence-corrected chi connectivity index (χ2v) is 8.97. The molecule has 1 fully saturated rings. The van der Waals surface area contributed by atoms with Crippen molar-refractivity contribution in [2.24, 2.45) is 0 Å². The molecule has 1 unspecified atom stereocenters. The fourth-order valence-electron chi connectivity index (χ4n) is 4.38. The molecular formula is C22H28N2S. The first kappa shape index (κ1) is 17.0. The second-order valence-electron chi connectivity index (χ2n) is 7.86. The normalized spacial score (nSPS) is 23.0. The summed E-state index contributed by atoms with van der Waals surface area (Å²) in [6.07, 6.45) is 1.26. The van der Waals surface area contributed by atoms with Gasteiger partial charge in [-0.1, -0.05) is 49.9 Å². The molecule has 0 spiro atoms. The first-order chi connectivity index (χ1) is 12.0. The second kappa shape index (κ2) is 6.69. The lowest BCUT2D eigenvalue weighted by atomic mass is 9.89. The quantitative estimate of drug-likeness (QED) is 0.750. The van der Waals surface area contributed by atoms with Crippen molar-refractivity contribution < 1.29 is 0 Å². The summed E-state index contributed by atoms with van der Waals surface area (Å²) < 4.78 is 0. The summed E-state index contributed by atoms with van der Waals surface area (Å²) in [5.41, 5.74) is 4.42. The molecule has 3 heteroatoms. The average molecular weight is 353 g/mol. The standard InChI is InChI=1S/C22H28N2S/c1-15(2)16-8-10-17(11-9-16)25-21-7-5-6-18-19-14-23(3)13-12-20(19)24(4)22(18)21/h5-11,15,19-20H,12-14H2,1-4H3/t19?,20-/m0/s1. The Labute approximate surface area is 156 Å². The molecule has 4 rings (SSSR count). The number of para-hydroxylation sites is 1. The van der Waals surface area contributed by atoms with Gasteiger partial charge in [0.2, 0.25) is 0 Å². The fraction of sp³-hybridized carbons (Fsp3) is 0.455. The Morgan fingerprint density at radius 2 is 1.80 bits per heavy atom. The zero-order valence-electron chi connectivity index (χ0n) is 15.7. The van der Waals surface area contributed by atoms with E-state index in [4.69, 9.17) is 0 Å². The fourth-order valence-corrected chi connectivity index (χ4v) is 5.41. The number of likely N-dealkylation sites (N-methyl/N-ethyl adjacent to an activating group) is 2. The highest BCUT2D eigenvalue weighted by Crippen LogP contribution is 2.49. The molecule has 2 nitrogen and oxygen atoms in total. The van der Waals surface area contributed by atoms with Gasteiger partial charge in [-0.2, -0.15) is 0 Å². The van der Waals surface area contributed by atoms with E-state index in [1.54, 1.807) is 5.56 Å². The molecule has 0 aromatic heterocycles. The van der Waals surface area contributed by atoms with Crippen LogP contribution in [0.15, 0.2) is 52.3 Å². The van der Waals surface area contributed by atoms with Crippen LogP contribution in [0.4, 0.5) is 5.69 Å². The van der Waals surface area contributed by atoms with E-state index < -0.39 is 0 Å². The number of rotatable bonds is 3. The Morgan fingerprint density at radius 3 is 2.52 bits per heavy atom. The molecule has 0 N–H and O–H groups in total.